The molecule has 0 radical (unpaired) electrons. The van der Waals surface area contributed by atoms with E-state index in [4.69, 9.17) is 9.47 Å². The van der Waals surface area contributed by atoms with Gasteiger partial charge in [0.25, 0.3) is 0 Å². The van der Waals surface area contributed by atoms with Crippen LogP contribution in [0, 0.1) is 11.8 Å². The quantitative estimate of drug-likeness (QED) is 0.506. The summed E-state index contributed by atoms with van der Waals surface area (Å²) < 4.78 is 11.6. The molecule has 0 aliphatic rings. The average Bonchev–Trinajstić information content (AvgIpc) is 2.35. The summed E-state index contributed by atoms with van der Waals surface area (Å²) in [6.45, 7) is 13.5. The second kappa shape index (κ2) is 12.0. The van der Waals surface area contributed by atoms with Crippen LogP contribution in [0.1, 0.15) is 66.7 Å². The maximum absolute atomic E-state index is 5.96. The van der Waals surface area contributed by atoms with E-state index in [1.807, 2.05) is 0 Å². The maximum atomic E-state index is 5.96. The van der Waals surface area contributed by atoms with Crippen molar-refractivity contribution in [1.82, 2.24) is 0 Å². The summed E-state index contributed by atoms with van der Waals surface area (Å²) in [4.78, 5) is 0. The largest absolute Gasteiger partial charge is 0.381 e. The van der Waals surface area contributed by atoms with Crippen molar-refractivity contribution in [3.05, 3.63) is 0 Å². The third kappa shape index (κ3) is 8.93. The fraction of sp³-hybridized carbons (Fsp3) is 1.00. The second-order valence-electron chi connectivity index (χ2n) is 5.53. The molecule has 0 spiro atoms. The average molecular weight is 258 g/mol. The van der Waals surface area contributed by atoms with Crippen LogP contribution in [-0.4, -0.2) is 25.9 Å². The monoisotopic (exact) mass is 258 g/mol. The number of rotatable bonds is 12. The van der Waals surface area contributed by atoms with Crippen LogP contribution in [0.25, 0.3) is 0 Å². The molecule has 0 aliphatic heterocycles. The van der Waals surface area contributed by atoms with E-state index in [2.05, 4.69) is 34.6 Å². The SMILES string of the molecule is CCCCC(OCC)C(CCC(C)C)COCC. The minimum atomic E-state index is 0.389. The first-order valence-electron chi connectivity index (χ1n) is 7.84. The molecule has 0 aromatic rings. The normalized spacial score (nSPS) is 15.0. The highest BCUT2D eigenvalue weighted by Gasteiger charge is 2.21. The van der Waals surface area contributed by atoms with Gasteiger partial charge in [-0.2, -0.15) is 0 Å². The third-order valence-corrected chi connectivity index (χ3v) is 3.40. The van der Waals surface area contributed by atoms with Gasteiger partial charge in [-0.05, 0) is 32.6 Å². The van der Waals surface area contributed by atoms with Crippen LogP contribution in [0.5, 0.6) is 0 Å². The first kappa shape index (κ1) is 17.9. The minimum Gasteiger partial charge on any atom is -0.381 e. The molecule has 0 aromatic carbocycles. The molecular formula is C16H34O2. The van der Waals surface area contributed by atoms with Gasteiger partial charge in [-0.1, -0.05) is 40.0 Å². The predicted octanol–water partition coefficient (Wildman–Crippen LogP) is 4.67. The van der Waals surface area contributed by atoms with E-state index in [1.54, 1.807) is 0 Å². The van der Waals surface area contributed by atoms with Crippen LogP contribution < -0.4 is 0 Å². The zero-order valence-corrected chi connectivity index (χ0v) is 13.2. The Labute approximate surface area is 114 Å². The van der Waals surface area contributed by atoms with Crippen LogP contribution in [0.15, 0.2) is 0 Å². The first-order valence-corrected chi connectivity index (χ1v) is 7.84. The fourth-order valence-electron chi connectivity index (χ4n) is 2.27. The molecule has 0 bridgehead atoms. The van der Waals surface area contributed by atoms with E-state index in [0.29, 0.717) is 12.0 Å². The summed E-state index contributed by atoms with van der Waals surface area (Å²) in [6, 6.07) is 0. The van der Waals surface area contributed by atoms with Crippen molar-refractivity contribution in [3.63, 3.8) is 0 Å². The van der Waals surface area contributed by atoms with Crippen LogP contribution in [0.2, 0.25) is 0 Å². The van der Waals surface area contributed by atoms with E-state index in [-0.39, 0.29) is 0 Å². The van der Waals surface area contributed by atoms with Gasteiger partial charge < -0.3 is 9.47 Å². The lowest BCUT2D eigenvalue weighted by atomic mass is 9.91. The molecule has 2 unspecified atom stereocenters. The number of hydrogen-bond acceptors (Lipinski definition) is 2. The second-order valence-corrected chi connectivity index (χ2v) is 5.53. The van der Waals surface area contributed by atoms with E-state index < -0.39 is 0 Å². The lowest BCUT2D eigenvalue weighted by Crippen LogP contribution is -2.28. The molecule has 0 rings (SSSR count). The minimum absolute atomic E-state index is 0.389. The van der Waals surface area contributed by atoms with Gasteiger partial charge in [0.15, 0.2) is 0 Å². The Morgan fingerprint density at radius 3 is 2.11 bits per heavy atom. The van der Waals surface area contributed by atoms with E-state index in [0.717, 1.165) is 25.7 Å². The predicted molar refractivity (Wildman–Crippen MR) is 79.0 cm³/mol. The Balaban J connectivity index is 4.31. The van der Waals surface area contributed by atoms with Crippen molar-refractivity contribution in [1.29, 1.82) is 0 Å². The van der Waals surface area contributed by atoms with Gasteiger partial charge in [-0.15, -0.1) is 0 Å². The topological polar surface area (TPSA) is 18.5 Å². The molecule has 0 aromatic heterocycles. The molecule has 0 aliphatic carbocycles. The third-order valence-electron chi connectivity index (χ3n) is 3.40. The zero-order chi connectivity index (χ0) is 13.8. The molecule has 0 N–H and O–H groups in total. The summed E-state index contributed by atoms with van der Waals surface area (Å²) in [6.07, 6.45) is 6.57. The van der Waals surface area contributed by atoms with Gasteiger partial charge in [0.05, 0.1) is 12.7 Å². The van der Waals surface area contributed by atoms with Gasteiger partial charge in [-0.3, -0.25) is 0 Å². The molecule has 0 heterocycles. The Morgan fingerprint density at radius 1 is 0.889 bits per heavy atom. The molecule has 0 amide bonds. The van der Waals surface area contributed by atoms with Gasteiger partial charge in [0.2, 0.25) is 0 Å². The van der Waals surface area contributed by atoms with Crippen LogP contribution in [0.4, 0.5) is 0 Å². The standard InChI is InChI=1S/C16H34O2/c1-6-9-10-16(18-8-3)15(13-17-7-2)12-11-14(4)5/h14-16H,6-13H2,1-5H3. The summed E-state index contributed by atoms with van der Waals surface area (Å²) >= 11 is 0. The number of unbranched alkanes of at least 4 members (excludes halogenated alkanes) is 1. The van der Waals surface area contributed by atoms with E-state index in [9.17, 15) is 0 Å². The van der Waals surface area contributed by atoms with Gasteiger partial charge >= 0.3 is 0 Å². The Kier molecular flexibility index (Phi) is 11.9. The summed E-state index contributed by atoms with van der Waals surface area (Å²) in [7, 11) is 0. The zero-order valence-electron chi connectivity index (χ0n) is 13.2. The Morgan fingerprint density at radius 2 is 1.61 bits per heavy atom. The molecule has 18 heavy (non-hydrogen) atoms. The first-order chi connectivity index (χ1) is 8.65. The van der Waals surface area contributed by atoms with Crippen molar-refractivity contribution in [2.24, 2.45) is 11.8 Å². The summed E-state index contributed by atoms with van der Waals surface area (Å²) in [5, 5.41) is 0. The highest BCUT2D eigenvalue weighted by Crippen LogP contribution is 2.22. The summed E-state index contributed by atoms with van der Waals surface area (Å²) in [5.41, 5.74) is 0. The van der Waals surface area contributed by atoms with Crippen molar-refractivity contribution in [2.45, 2.75) is 72.8 Å². The molecule has 2 nitrogen and oxygen atoms in total. The lowest BCUT2D eigenvalue weighted by molar-refractivity contribution is -0.0256. The molecular weight excluding hydrogens is 224 g/mol. The lowest BCUT2D eigenvalue weighted by Gasteiger charge is -2.27. The van der Waals surface area contributed by atoms with Crippen molar-refractivity contribution >= 4 is 0 Å². The summed E-state index contributed by atoms with van der Waals surface area (Å²) in [5.74, 6) is 1.33. The van der Waals surface area contributed by atoms with Gasteiger partial charge in [0, 0.05) is 19.1 Å². The van der Waals surface area contributed by atoms with Crippen molar-refractivity contribution < 1.29 is 9.47 Å². The van der Waals surface area contributed by atoms with Gasteiger partial charge in [-0.25, -0.2) is 0 Å². The number of hydrogen-bond donors (Lipinski definition) is 0. The highest BCUT2D eigenvalue weighted by molar-refractivity contribution is 4.71. The van der Waals surface area contributed by atoms with Crippen LogP contribution in [0.3, 0.4) is 0 Å². The molecule has 0 fully saturated rings. The highest BCUT2D eigenvalue weighted by atomic mass is 16.5. The Hall–Kier alpha value is -0.0800. The van der Waals surface area contributed by atoms with Crippen molar-refractivity contribution in [3.8, 4) is 0 Å². The Bertz CT molecular complexity index is 168. The van der Waals surface area contributed by atoms with Gasteiger partial charge in [0.1, 0.15) is 0 Å². The maximum Gasteiger partial charge on any atom is 0.0625 e. The molecule has 2 atom stereocenters. The van der Waals surface area contributed by atoms with Crippen molar-refractivity contribution in [2.75, 3.05) is 19.8 Å². The number of ether oxygens (including phenoxy) is 2. The van der Waals surface area contributed by atoms with E-state index >= 15 is 0 Å². The van der Waals surface area contributed by atoms with Crippen LogP contribution >= 0.6 is 0 Å². The molecule has 110 valence electrons. The van der Waals surface area contributed by atoms with Crippen LogP contribution in [-0.2, 0) is 9.47 Å². The molecule has 0 saturated carbocycles. The molecule has 0 saturated heterocycles. The molecule has 2 heteroatoms. The fourth-order valence-corrected chi connectivity index (χ4v) is 2.27. The smallest absolute Gasteiger partial charge is 0.0625 e. The van der Waals surface area contributed by atoms with E-state index in [1.165, 1.54) is 32.1 Å².